The Morgan fingerprint density at radius 2 is 1.55 bits per heavy atom. The van der Waals surface area contributed by atoms with Gasteiger partial charge in [0.15, 0.2) is 5.75 Å². The number of aromatic nitrogens is 3. The molecule has 3 rings (SSSR count). The number of ether oxygens (including phenoxy) is 2. The molecule has 2 heterocycles. The number of pyridine rings is 1. The minimum Gasteiger partial charge on any atom is -0.465 e. The number of carbonyl (C=O) groups is 1. The van der Waals surface area contributed by atoms with E-state index in [-0.39, 0.29) is 34.0 Å². The lowest BCUT2D eigenvalue weighted by Gasteiger charge is -2.31. The van der Waals surface area contributed by atoms with Crippen molar-refractivity contribution in [1.82, 2.24) is 14.8 Å². The normalized spacial score (nSPS) is 13.0. The van der Waals surface area contributed by atoms with E-state index in [0.29, 0.717) is 4.68 Å². The summed E-state index contributed by atoms with van der Waals surface area (Å²) >= 11 is 8.41. The number of esters is 1. The van der Waals surface area contributed by atoms with Crippen molar-refractivity contribution in [3.63, 3.8) is 0 Å². The molecule has 0 N–H and O–H groups in total. The molecule has 0 aliphatic heterocycles. The fraction of sp³-hybridized carbons (Fsp3) is 0.250. The number of alkyl halides is 10. The van der Waals surface area contributed by atoms with Gasteiger partial charge in [0.25, 0.3) is 0 Å². The summed E-state index contributed by atoms with van der Waals surface area (Å²) in [5.74, 6) is -2.53. The van der Waals surface area contributed by atoms with E-state index in [0.717, 1.165) is 25.7 Å². The average Bonchev–Trinajstić information content (AvgIpc) is 3.24. The largest absolute Gasteiger partial charge is 0.573 e. The topological polar surface area (TPSA) is 66.2 Å². The third-order valence-electron chi connectivity index (χ3n) is 4.82. The number of hydrogen-bond acceptors (Lipinski definition) is 5. The van der Waals surface area contributed by atoms with Crippen molar-refractivity contribution in [3.8, 4) is 22.6 Å². The maximum Gasteiger partial charge on any atom is 0.573 e. The van der Waals surface area contributed by atoms with Crippen LogP contribution >= 0.6 is 27.5 Å². The van der Waals surface area contributed by atoms with E-state index in [4.69, 9.17) is 11.6 Å². The monoisotopic (exact) mass is 643 g/mol. The molecule has 206 valence electrons. The molecular weight excluding hydrogens is 636 g/mol. The molecule has 0 aliphatic carbocycles. The van der Waals surface area contributed by atoms with Crippen molar-refractivity contribution >= 4 is 33.5 Å². The second kappa shape index (κ2) is 9.91. The molecule has 0 aliphatic rings. The summed E-state index contributed by atoms with van der Waals surface area (Å²) in [6.45, 7) is 0. The zero-order valence-electron chi connectivity index (χ0n) is 18.1. The summed E-state index contributed by atoms with van der Waals surface area (Å²) in [4.78, 5) is 15.6. The van der Waals surface area contributed by atoms with Crippen LogP contribution < -0.4 is 4.74 Å². The van der Waals surface area contributed by atoms with Crippen LogP contribution in [0.1, 0.15) is 15.9 Å². The van der Waals surface area contributed by atoms with Crippen molar-refractivity contribution in [3.05, 3.63) is 57.5 Å². The van der Waals surface area contributed by atoms with Gasteiger partial charge in [0.05, 0.1) is 18.9 Å². The molecule has 0 bridgehead atoms. The summed E-state index contributed by atoms with van der Waals surface area (Å²) in [6, 6.07) is 0.799. The van der Waals surface area contributed by atoms with Crippen LogP contribution in [-0.2, 0) is 10.4 Å². The van der Waals surface area contributed by atoms with Crippen LogP contribution in [0, 0.1) is 0 Å². The van der Waals surface area contributed by atoms with Crippen LogP contribution in [0.15, 0.2) is 41.3 Å². The number of halogens is 12. The Morgan fingerprint density at radius 1 is 0.947 bits per heavy atom. The first-order valence-electron chi connectivity index (χ1n) is 9.51. The Balaban J connectivity index is 2.22. The van der Waals surface area contributed by atoms with Gasteiger partial charge in [-0.3, -0.25) is 0 Å². The number of hydrogen-bond donors (Lipinski definition) is 0. The van der Waals surface area contributed by atoms with Crippen LogP contribution in [0.25, 0.3) is 16.8 Å². The Hall–Kier alpha value is -3.08. The van der Waals surface area contributed by atoms with Gasteiger partial charge in [-0.05, 0) is 34.1 Å². The lowest BCUT2D eigenvalue weighted by Crippen LogP contribution is -2.50. The molecule has 0 amide bonds. The zero-order chi connectivity index (χ0) is 28.8. The highest BCUT2D eigenvalue weighted by Gasteiger charge is 2.73. The van der Waals surface area contributed by atoms with Crippen LogP contribution in [0.5, 0.6) is 5.75 Å². The SMILES string of the molecule is COC(=O)c1cc(-c2cnn(-c3c(Br)cc(C(F)(C(F)(F)F)C(F)(F)F)cc3OC(F)(F)F)c2)cnc1Cl. The predicted octanol–water partition coefficient (Wildman–Crippen LogP) is 7.32. The first kappa shape index (κ1) is 29.5. The minimum atomic E-state index is -6.60. The summed E-state index contributed by atoms with van der Waals surface area (Å²) in [5, 5.41) is 3.49. The molecule has 3 aromatic rings. The standard InChI is InChI=1S/C20H9BrClF10N3O3/c1-37-16(36)11-2-8(5-33-15(11)22)9-6-34-35(7-9)14-12(21)3-10(4-13(14)38-20(30,31)32)17(23,18(24,25)26)19(27,28)29/h2-7H,1H3. The van der Waals surface area contributed by atoms with Gasteiger partial charge in [0.1, 0.15) is 10.8 Å². The average molecular weight is 645 g/mol. The minimum absolute atomic E-state index is 0.000105. The Morgan fingerprint density at radius 3 is 2.08 bits per heavy atom. The highest BCUT2D eigenvalue weighted by Crippen LogP contribution is 2.55. The molecule has 6 nitrogen and oxygen atoms in total. The van der Waals surface area contributed by atoms with E-state index >= 15 is 0 Å². The number of nitrogens with zero attached hydrogens (tertiary/aromatic N) is 3. The summed E-state index contributed by atoms with van der Waals surface area (Å²) in [7, 11) is 1.05. The number of benzene rings is 1. The third kappa shape index (κ3) is 5.52. The van der Waals surface area contributed by atoms with Gasteiger partial charge < -0.3 is 9.47 Å². The van der Waals surface area contributed by atoms with Gasteiger partial charge in [-0.1, -0.05) is 11.6 Å². The molecular formula is C20H9BrClF10N3O3. The Kier molecular flexibility index (Phi) is 7.68. The molecule has 1 aromatic carbocycles. The highest BCUT2D eigenvalue weighted by molar-refractivity contribution is 9.10. The van der Waals surface area contributed by atoms with Crippen molar-refractivity contribution < 1.29 is 58.2 Å². The number of rotatable bonds is 5. The first-order chi connectivity index (χ1) is 17.3. The van der Waals surface area contributed by atoms with Crippen LogP contribution in [0.4, 0.5) is 43.9 Å². The van der Waals surface area contributed by atoms with E-state index in [1.807, 2.05) is 0 Å². The van der Waals surface area contributed by atoms with Gasteiger partial charge >= 0.3 is 30.4 Å². The molecule has 0 atom stereocenters. The highest BCUT2D eigenvalue weighted by atomic mass is 79.9. The summed E-state index contributed by atoms with van der Waals surface area (Å²) < 4.78 is 141. The van der Waals surface area contributed by atoms with E-state index in [1.165, 1.54) is 6.07 Å². The third-order valence-corrected chi connectivity index (χ3v) is 5.73. The number of methoxy groups -OCH3 is 1. The molecule has 0 spiro atoms. The summed E-state index contributed by atoms with van der Waals surface area (Å²) in [5.41, 5.74) is -9.14. The number of carbonyl (C=O) groups excluding carboxylic acids is 1. The second-order valence-corrected chi connectivity index (χ2v) is 8.45. The maximum absolute atomic E-state index is 14.6. The van der Waals surface area contributed by atoms with Crippen molar-refractivity contribution in [2.45, 2.75) is 24.4 Å². The Bertz CT molecular complexity index is 1360. The van der Waals surface area contributed by atoms with Crippen LogP contribution in [-0.4, -0.2) is 46.6 Å². The lowest BCUT2D eigenvalue weighted by molar-refractivity contribution is -0.348. The molecule has 0 saturated carbocycles. The molecule has 0 unspecified atom stereocenters. The quantitative estimate of drug-likeness (QED) is 0.165. The fourth-order valence-electron chi connectivity index (χ4n) is 3.14. The fourth-order valence-corrected chi connectivity index (χ4v) is 3.94. The maximum atomic E-state index is 14.6. The van der Waals surface area contributed by atoms with Crippen LogP contribution in [0.2, 0.25) is 5.15 Å². The van der Waals surface area contributed by atoms with Crippen molar-refractivity contribution in [1.29, 1.82) is 0 Å². The molecule has 18 heteroatoms. The van der Waals surface area contributed by atoms with Crippen molar-refractivity contribution in [2.24, 2.45) is 0 Å². The van der Waals surface area contributed by atoms with Crippen molar-refractivity contribution in [2.75, 3.05) is 7.11 Å². The molecule has 0 fully saturated rings. The predicted molar refractivity (Wildman–Crippen MR) is 112 cm³/mol. The summed E-state index contributed by atoms with van der Waals surface area (Å²) in [6.07, 6.45) is -15.7. The van der Waals surface area contributed by atoms with Gasteiger partial charge in [-0.15, -0.1) is 13.2 Å². The molecule has 0 saturated heterocycles. The van der Waals surface area contributed by atoms with E-state index in [2.05, 4.69) is 35.5 Å². The second-order valence-electron chi connectivity index (χ2n) is 7.23. The zero-order valence-corrected chi connectivity index (χ0v) is 20.4. The first-order valence-corrected chi connectivity index (χ1v) is 10.7. The molecule has 0 radical (unpaired) electrons. The van der Waals surface area contributed by atoms with Crippen LogP contribution in [0.3, 0.4) is 0 Å². The van der Waals surface area contributed by atoms with Gasteiger partial charge in [-0.2, -0.15) is 31.4 Å². The van der Waals surface area contributed by atoms with E-state index in [1.54, 1.807) is 0 Å². The van der Waals surface area contributed by atoms with E-state index in [9.17, 15) is 48.7 Å². The molecule has 38 heavy (non-hydrogen) atoms. The van der Waals surface area contributed by atoms with Gasteiger partial charge in [-0.25, -0.2) is 18.9 Å². The smallest absolute Gasteiger partial charge is 0.465 e. The van der Waals surface area contributed by atoms with Gasteiger partial charge in [0, 0.05) is 33.6 Å². The van der Waals surface area contributed by atoms with E-state index < -0.39 is 51.8 Å². The molecule has 2 aromatic heterocycles. The lowest BCUT2D eigenvalue weighted by atomic mass is 9.93. The van der Waals surface area contributed by atoms with Gasteiger partial charge in [0.2, 0.25) is 0 Å². The Labute approximate surface area is 218 Å².